The number of rotatable bonds is 3. The highest BCUT2D eigenvalue weighted by Crippen LogP contribution is 2.39. The standard InChI is InChI=1S/C17H21N5O2S/c1-21-16(18-19-20-21)25-12-15(23)22-10-8-17(9-11-22)7-6-13-4-2-3-5-14(13)24-17/h2-5H,6-12H2,1H3. The Balaban J connectivity index is 1.32. The maximum atomic E-state index is 12.5. The van der Waals surface area contributed by atoms with E-state index in [2.05, 4.69) is 33.7 Å². The van der Waals surface area contributed by atoms with Gasteiger partial charge in [-0.05, 0) is 34.9 Å². The lowest BCUT2D eigenvalue weighted by Gasteiger charge is -2.44. The van der Waals surface area contributed by atoms with E-state index in [4.69, 9.17) is 4.74 Å². The number of carbonyl (C=O) groups is 1. The van der Waals surface area contributed by atoms with E-state index in [-0.39, 0.29) is 11.5 Å². The first-order chi connectivity index (χ1) is 12.2. The number of hydrogen-bond donors (Lipinski definition) is 0. The molecule has 4 rings (SSSR count). The average Bonchev–Trinajstić information content (AvgIpc) is 3.05. The van der Waals surface area contributed by atoms with Gasteiger partial charge in [0.05, 0.1) is 5.75 Å². The molecule has 0 radical (unpaired) electrons. The molecular formula is C17H21N5O2S. The van der Waals surface area contributed by atoms with Crippen molar-refractivity contribution in [3.8, 4) is 5.75 Å². The van der Waals surface area contributed by atoms with Crippen molar-refractivity contribution >= 4 is 17.7 Å². The molecular weight excluding hydrogens is 338 g/mol. The number of thioether (sulfide) groups is 1. The highest BCUT2D eigenvalue weighted by atomic mass is 32.2. The predicted octanol–water partition coefficient (Wildman–Crippen LogP) is 1.69. The van der Waals surface area contributed by atoms with Crippen LogP contribution in [0.2, 0.25) is 0 Å². The zero-order valence-corrected chi connectivity index (χ0v) is 15.0. The Labute approximate surface area is 150 Å². The number of benzene rings is 1. The van der Waals surface area contributed by atoms with E-state index in [9.17, 15) is 4.79 Å². The van der Waals surface area contributed by atoms with Crippen molar-refractivity contribution in [3.05, 3.63) is 29.8 Å². The van der Waals surface area contributed by atoms with Crippen LogP contribution in [-0.2, 0) is 18.3 Å². The van der Waals surface area contributed by atoms with Gasteiger partial charge < -0.3 is 9.64 Å². The first kappa shape index (κ1) is 16.4. The second-order valence-electron chi connectivity index (χ2n) is 6.65. The van der Waals surface area contributed by atoms with Crippen LogP contribution in [0.1, 0.15) is 24.8 Å². The zero-order chi connectivity index (χ0) is 17.3. The van der Waals surface area contributed by atoms with Crippen molar-refractivity contribution in [2.75, 3.05) is 18.8 Å². The van der Waals surface area contributed by atoms with Gasteiger partial charge in [-0.1, -0.05) is 30.0 Å². The third-order valence-electron chi connectivity index (χ3n) is 5.08. The number of hydrogen-bond acceptors (Lipinski definition) is 6. The van der Waals surface area contributed by atoms with Crippen LogP contribution >= 0.6 is 11.8 Å². The third-order valence-corrected chi connectivity index (χ3v) is 6.08. The first-order valence-corrected chi connectivity index (χ1v) is 9.54. The van der Waals surface area contributed by atoms with Crippen molar-refractivity contribution in [1.82, 2.24) is 25.1 Å². The molecule has 1 aromatic carbocycles. The van der Waals surface area contributed by atoms with Crippen LogP contribution in [0.25, 0.3) is 0 Å². The molecule has 1 fully saturated rings. The molecule has 1 spiro atoms. The van der Waals surface area contributed by atoms with E-state index >= 15 is 0 Å². The fourth-order valence-corrected chi connectivity index (χ4v) is 4.29. The predicted molar refractivity (Wildman–Crippen MR) is 93.5 cm³/mol. The van der Waals surface area contributed by atoms with Gasteiger partial charge in [-0.15, -0.1) is 5.10 Å². The normalized spacial score (nSPS) is 18.7. The number of carbonyl (C=O) groups excluding carboxylic acids is 1. The minimum absolute atomic E-state index is 0.105. The molecule has 25 heavy (non-hydrogen) atoms. The molecule has 0 aliphatic carbocycles. The van der Waals surface area contributed by atoms with Crippen LogP contribution in [0.5, 0.6) is 5.75 Å². The second-order valence-corrected chi connectivity index (χ2v) is 7.59. The molecule has 0 saturated carbocycles. The van der Waals surface area contributed by atoms with Crippen molar-refractivity contribution < 1.29 is 9.53 Å². The molecule has 132 valence electrons. The van der Waals surface area contributed by atoms with Gasteiger partial charge in [-0.2, -0.15) is 0 Å². The molecule has 7 nitrogen and oxygen atoms in total. The fraction of sp³-hybridized carbons (Fsp3) is 0.529. The minimum atomic E-state index is -0.105. The van der Waals surface area contributed by atoms with Crippen LogP contribution in [0.3, 0.4) is 0 Å². The van der Waals surface area contributed by atoms with Gasteiger partial charge in [-0.25, -0.2) is 4.68 Å². The molecule has 1 amide bonds. The van der Waals surface area contributed by atoms with Crippen LogP contribution in [0, 0.1) is 0 Å². The van der Waals surface area contributed by atoms with Crippen LogP contribution < -0.4 is 4.74 Å². The van der Waals surface area contributed by atoms with E-state index in [1.54, 1.807) is 11.7 Å². The summed E-state index contributed by atoms with van der Waals surface area (Å²) in [5, 5.41) is 11.9. The maximum Gasteiger partial charge on any atom is 0.233 e. The van der Waals surface area contributed by atoms with Crippen LogP contribution in [0.4, 0.5) is 0 Å². The SMILES string of the molecule is Cn1nnnc1SCC(=O)N1CCC2(CCc3ccccc3O2)CC1. The van der Waals surface area contributed by atoms with Crippen LogP contribution in [-0.4, -0.2) is 55.5 Å². The molecule has 1 saturated heterocycles. The molecule has 2 aliphatic rings. The number of aryl methyl sites for hydroxylation is 2. The minimum Gasteiger partial charge on any atom is -0.487 e. The number of aromatic nitrogens is 4. The number of likely N-dealkylation sites (tertiary alicyclic amines) is 1. The lowest BCUT2D eigenvalue weighted by atomic mass is 9.83. The van der Waals surface area contributed by atoms with E-state index in [1.807, 2.05) is 11.0 Å². The number of tetrazole rings is 1. The summed E-state index contributed by atoms with van der Waals surface area (Å²) in [4.78, 5) is 14.4. The number of piperidine rings is 1. The van der Waals surface area contributed by atoms with E-state index in [0.717, 1.165) is 44.5 Å². The van der Waals surface area contributed by atoms with Gasteiger partial charge in [0.15, 0.2) is 0 Å². The van der Waals surface area contributed by atoms with Crippen LogP contribution in [0.15, 0.2) is 29.4 Å². The average molecular weight is 359 g/mol. The Hall–Kier alpha value is -2.09. The van der Waals surface area contributed by atoms with Gasteiger partial charge >= 0.3 is 0 Å². The van der Waals surface area contributed by atoms with E-state index in [0.29, 0.717) is 10.9 Å². The van der Waals surface area contributed by atoms with Crippen molar-refractivity contribution in [2.24, 2.45) is 7.05 Å². The van der Waals surface area contributed by atoms with Crippen molar-refractivity contribution in [2.45, 2.75) is 36.4 Å². The Kier molecular flexibility index (Phi) is 4.37. The molecule has 8 heteroatoms. The maximum absolute atomic E-state index is 12.5. The molecule has 2 aromatic rings. The Morgan fingerprint density at radius 1 is 1.28 bits per heavy atom. The Morgan fingerprint density at radius 2 is 2.08 bits per heavy atom. The topological polar surface area (TPSA) is 73.1 Å². The van der Waals surface area contributed by atoms with E-state index < -0.39 is 0 Å². The summed E-state index contributed by atoms with van der Waals surface area (Å²) in [7, 11) is 1.77. The summed E-state index contributed by atoms with van der Waals surface area (Å²) in [5.41, 5.74) is 1.19. The van der Waals surface area contributed by atoms with Gasteiger partial charge in [0.1, 0.15) is 11.4 Å². The zero-order valence-electron chi connectivity index (χ0n) is 14.2. The lowest BCUT2D eigenvalue weighted by Crippen LogP contribution is -2.51. The highest BCUT2D eigenvalue weighted by molar-refractivity contribution is 7.99. The summed E-state index contributed by atoms with van der Waals surface area (Å²) in [6.07, 6.45) is 3.87. The molecule has 0 bridgehead atoms. The number of fused-ring (bicyclic) bond motifs is 1. The fourth-order valence-electron chi connectivity index (χ4n) is 3.53. The Bertz CT molecular complexity index is 770. The number of para-hydroxylation sites is 1. The monoisotopic (exact) mass is 359 g/mol. The molecule has 3 heterocycles. The summed E-state index contributed by atoms with van der Waals surface area (Å²) in [5.74, 6) is 1.52. The molecule has 2 aliphatic heterocycles. The lowest BCUT2D eigenvalue weighted by molar-refractivity contribution is -0.132. The number of ether oxygens (including phenoxy) is 1. The third kappa shape index (κ3) is 3.35. The highest BCUT2D eigenvalue weighted by Gasteiger charge is 2.40. The summed E-state index contributed by atoms with van der Waals surface area (Å²) >= 11 is 1.38. The largest absolute Gasteiger partial charge is 0.487 e. The van der Waals surface area contributed by atoms with Crippen molar-refractivity contribution in [3.63, 3.8) is 0 Å². The molecule has 0 atom stereocenters. The quantitative estimate of drug-likeness (QED) is 0.777. The second kappa shape index (κ2) is 6.67. The smallest absolute Gasteiger partial charge is 0.233 e. The summed E-state index contributed by atoms with van der Waals surface area (Å²) in [6.45, 7) is 1.50. The van der Waals surface area contributed by atoms with Gasteiger partial charge in [0.25, 0.3) is 0 Å². The summed E-state index contributed by atoms with van der Waals surface area (Å²) in [6, 6.07) is 8.28. The molecule has 0 unspecified atom stereocenters. The molecule has 0 N–H and O–H groups in total. The van der Waals surface area contributed by atoms with Gasteiger partial charge in [0.2, 0.25) is 11.1 Å². The van der Waals surface area contributed by atoms with E-state index in [1.165, 1.54) is 17.3 Å². The summed E-state index contributed by atoms with van der Waals surface area (Å²) < 4.78 is 7.93. The van der Waals surface area contributed by atoms with Crippen molar-refractivity contribution in [1.29, 1.82) is 0 Å². The first-order valence-electron chi connectivity index (χ1n) is 8.55. The molecule has 1 aromatic heterocycles. The van der Waals surface area contributed by atoms with Gasteiger partial charge in [-0.3, -0.25) is 4.79 Å². The van der Waals surface area contributed by atoms with Gasteiger partial charge in [0, 0.05) is 33.0 Å². The number of amides is 1. The Morgan fingerprint density at radius 3 is 2.84 bits per heavy atom. The number of nitrogens with zero attached hydrogens (tertiary/aromatic N) is 5.